The van der Waals surface area contributed by atoms with Crippen LogP contribution in [0.15, 0.2) is 27.9 Å². The molecule has 0 spiro atoms. The molecule has 11 heteroatoms. The fraction of sp³-hybridized carbons (Fsp3) is 0.500. The van der Waals surface area contributed by atoms with Crippen LogP contribution in [-0.4, -0.2) is 65.8 Å². The third-order valence-electron chi connectivity index (χ3n) is 5.36. The average Bonchev–Trinajstić information content (AvgIpc) is 3.10. The number of H-pyrrole nitrogens is 1. The van der Waals surface area contributed by atoms with Gasteiger partial charge in [0.25, 0.3) is 5.56 Å². The Labute approximate surface area is 194 Å². The monoisotopic (exact) mass is 476 g/mol. The molecule has 10 nitrogen and oxygen atoms in total. The van der Waals surface area contributed by atoms with Gasteiger partial charge in [-0.25, -0.2) is 13.4 Å². The number of hydrogen-bond donors (Lipinski definition) is 2. The van der Waals surface area contributed by atoms with E-state index in [1.807, 2.05) is 13.8 Å². The summed E-state index contributed by atoms with van der Waals surface area (Å²) >= 11 is 0. The Bertz CT molecular complexity index is 1280. The average molecular weight is 477 g/mol. The van der Waals surface area contributed by atoms with Gasteiger partial charge >= 0.3 is 0 Å². The van der Waals surface area contributed by atoms with Gasteiger partial charge < -0.3 is 15.0 Å². The van der Waals surface area contributed by atoms with Crippen molar-refractivity contribution in [2.24, 2.45) is 7.05 Å². The number of sulfonamides is 1. The lowest BCUT2D eigenvalue weighted by Crippen LogP contribution is -2.36. The summed E-state index contributed by atoms with van der Waals surface area (Å²) in [4.78, 5) is 20.5. The zero-order valence-electron chi connectivity index (χ0n) is 19.8. The number of ether oxygens (including phenoxy) is 1. The van der Waals surface area contributed by atoms with Crippen LogP contribution in [0.25, 0.3) is 22.4 Å². The molecule has 3 aromatic rings. The number of fused-ring (bicyclic) bond motifs is 1. The van der Waals surface area contributed by atoms with Crippen molar-refractivity contribution in [2.45, 2.75) is 38.5 Å². The summed E-state index contributed by atoms with van der Waals surface area (Å²) < 4.78 is 35.3. The van der Waals surface area contributed by atoms with Gasteiger partial charge in [0.05, 0.1) is 22.8 Å². The molecule has 0 aliphatic heterocycles. The van der Waals surface area contributed by atoms with E-state index in [0.717, 1.165) is 12.1 Å². The van der Waals surface area contributed by atoms with E-state index in [1.54, 1.807) is 27.1 Å². The summed E-state index contributed by atoms with van der Waals surface area (Å²) in [6.07, 6.45) is 1.53. The van der Waals surface area contributed by atoms with Crippen LogP contribution in [0.1, 0.15) is 32.9 Å². The molecule has 0 atom stereocenters. The molecule has 33 heavy (non-hydrogen) atoms. The lowest BCUT2D eigenvalue weighted by molar-refractivity contribution is 0.341. The van der Waals surface area contributed by atoms with E-state index >= 15 is 0 Å². The molecule has 0 amide bonds. The number of likely N-dealkylation sites (N-methyl/N-ethyl adjacent to an activating group) is 2. The van der Waals surface area contributed by atoms with Crippen LogP contribution in [-0.2, 0) is 23.5 Å². The number of aromatic amines is 1. The minimum Gasteiger partial charge on any atom is -0.493 e. The number of rotatable bonds is 11. The van der Waals surface area contributed by atoms with Gasteiger partial charge in [0.2, 0.25) is 10.0 Å². The zero-order chi connectivity index (χ0) is 24.2. The first-order valence-corrected chi connectivity index (χ1v) is 12.6. The Morgan fingerprint density at radius 3 is 2.64 bits per heavy atom. The third kappa shape index (κ3) is 4.94. The predicted octanol–water partition coefficient (Wildman–Crippen LogP) is 1.90. The molecular weight excluding hydrogens is 444 g/mol. The molecule has 0 bridgehead atoms. The molecule has 2 heterocycles. The third-order valence-corrected chi connectivity index (χ3v) is 7.33. The van der Waals surface area contributed by atoms with Crippen molar-refractivity contribution in [1.82, 2.24) is 29.4 Å². The first-order chi connectivity index (χ1) is 15.8. The van der Waals surface area contributed by atoms with Crippen molar-refractivity contribution in [3.05, 3.63) is 34.2 Å². The summed E-state index contributed by atoms with van der Waals surface area (Å²) in [6.45, 7) is 7.26. The largest absolute Gasteiger partial charge is 0.493 e. The summed E-state index contributed by atoms with van der Waals surface area (Å²) in [5.41, 5.74) is 1.69. The van der Waals surface area contributed by atoms with Crippen molar-refractivity contribution in [2.75, 3.05) is 33.3 Å². The lowest BCUT2D eigenvalue weighted by Gasteiger charge is -2.21. The molecule has 0 unspecified atom stereocenters. The Kier molecular flexibility index (Phi) is 7.88. The molecular formula is C22H32N6O4S. The predicted molar refractivity (Wildman–Crippen MR) is 128 cm³/mol. The van der Waals surface area contributed by atoms with Crippen molar-refractivity contribution in [3.8, 4) is 17.1 Å². The second kappa shape index (κ2) is 10.4. The van der Waals surface area contributed by atoms with E-state index in [2.05, 4.69) is 20.4 Å². The summed E-state index contributed by atoms with van der Waals surface area (Å²) in [7, 11) is -0.263. The molecule has 0 saturated carbocycles. The van der Waals surface area contributed by atoms with Crippen LogP contribution in [0.5, 0.6) is 5.75 Å². The normalized spacial score (nSPS) is 12.1. The van der Waals surface area contributed by atoms with Crippen LogP contribution in [0.3, 0.4) is 0 Å². The van der Waals surface area contributed by atoms with Crippen LogP contribution < -0.4 is 15.6 Å². The number of aryl methyl sites for hydroxylation is 2. The number of aromatic nitrogens is 4. The Morgan fingerprint density at radius 2 is 2.00 bits per heavy atom. The van der Waals surface area contributed by atoms with Gasteiger partial charge in [-0.1, -0.05) is 20.3 Å². The smallest absolute Gasteiger partial charge is 0.277 e. The maximum atomic E-state index is 13.3. The molecule has 0 aliphatic carbocycles. The molecule has 0 fully saturated rings. The Balaban J connectivity index is 2.20. The molecule has 2 N–H and O–H groups in total. The van der Waals surface area contributed by atoms with Gasteiger partial charge in [-0.05, 0) is 38.6 Å². The maximum Gasteiger partial charge on any atom is 0.277 e. The highest BCUT2D eigenvalue weighted by atomic mass is 32.2. The fourth-order valence-electron chi connectivity index (χ4n) is 3.75. The van der Waals surface area contributed by atoms with E-state index in [0.29, 0.717) is 55.0 Å². The quantitative estimate of drug-likeness (QED) is 0.433. The van der Waals surface area contributed by atoms with E-state index in [4.69, 9.17) is 4.74 Å². The minimum absolute atomic E-state index is 0.113. The SMILES string of the molecule is CCCc1nn(C)c2c(=O)[nH]c(-c3cc(S(=O)(=O)N(CC)CCNC)ccc3OCC)nc12. The van der Waals surface area contributed by atoms with Gasteiger partial charge in [-0.2, -0.15) is 9.40 Å². The number of benzene rings is 1. The molecule has 180 valence electrons. The van der Waals surface area contributed by atoms with Gasteiger partial charge in [-0.15, -0.1) is 0 Å². The number of nitrogens with zero attached hydrogens (tertiary/aromatic N) is 4. The van der Waals surface area contributed by atoms with E-state index < -0.39 is 10.0 Å². The maximum absolute atomic E-state index is 13.3. The van der Waals surface area contributed by atoms with Gasteiger partial charge in [0, 0.05) is 26.7 Å². The van der Waals surface area contributed by atoms with E-state index in [-0.39, 0.29) is 16.3 Å². The zero-order valence-corrected chi connectivity index (χ0v) is 20.6. The van der Waals surface area contributed by atoms with Gasteiger partial charge in [-0.3, -0.25) is 9.48 Å². The standard InChI is InChI=1S/C22H32N6O4S/c1-6-9-17-19-20(27(5)26-17)22(29)25-21(24-19)16-14-15(10-11-18(16)32-8-3)33(30,31)28(7-2)13-12-23-4/h10-11,14,23H,6-9,12-13H2,1-5H3,(H,24,25,29). The summed E-state index contributed by atoms with van der Waals surface area (Å²) in [5, 5.41) is 7.42. The molecule has 3 rings (SSSR count). The van der Waals surface area contributed by atoms with Crippen LogP contribution in [0.2, 0.25) is 0 Å². The van der Waals surface area contributed by atoms with E-state index in [9.17, 15) is 13.2 Å². The van der Waals surface area contributed by atoms with Crippen LogP contribution in [0, 0.1) is 0 Å². The van der Waals surface area contributed by atoms with Crippen molar-refractivity contribution in [3.63, 3.8) is 0 Å². The Hall–Kier alpha value is -2.76. The highest BCUT2D eigenvalue weighted by Gasteiger charge is 2.25. The second-order valence-corrected chi connectivity index (χ2v) is 9.56. The highest BCUT2D eigenvalue weighted by molar-refractivity contribution is 7.89. The first kappa shape index (κ1) is 24.9. The van der Waals surface area contributed by atoms with Crippen LogP contribution in [0.4, 0.5) is 0 Å². The molecule has 1 aromatic carbocycles. The van der Waals surface area contributed by atoms with Crippen molar-refractivity contribution >= 4 is 21.1 Å². The van der Waals surface area contributed by atoms with Crippen molar-refractivity contribution < 1.29 is 13.2 Å². The fourth-order valence-corrected chi connectivity index (χ4v) is 5.23. The lowest BCUT2D eigenvalue weighted by atomic mass is 10.1. The highest BCUT2D eigenvalue weighted by Crippen LogP contribution is 2.32. The molecule has 0 radical (unpaired) electrons. The van der Waals surface area contributed by atoms with Crippen LogP contribution >= 0.6 is 0 Å². The number of hydrogen-bond acceptors (Lipinski definition) is 7. The Morgan fingerprint density at radius 1 is 1.24 bits per heavy atom. The first-order valence-electron chi connectivity index (χ1n) is 11.2. The van der Waals surface area contributed by atoms with Crippen molar-refractivity contribution in [1.29, 1.82) is 0 Å². The molecule has 2 aromatic heterocycles. The molecule has 0 saturated heterocycles. The number of nitrogens with one attached hydrogen (secondary N) is 2. The molecule has 0 aliphatic rings. The topological polar surface area (TPSA) is 122 Å². The van der Waals surface area contributed by atoms with Gasteiger partial charge in [0.1, 0.15) is 17.1 Å². The van der Waals surface area contributed by atoms with E-state index in [1.165, 1.54) is 21.1 Å². The summed E-state index contributed by atoms with van der Waals surface area (Å²) in [6, 6.07) is 4.65. The summed E-state index contributed by atoms with van der Waals surface area (Å²) in [5.74, 6) is 0.690. The minimum atomic E-state index is -3.75. The van der Waals surface area contributed by atoms with Gasteiger partial charge in [0.15, 0.2) is 5.52 Å². The second-order valence-electron chi connectivity index (χ2n) is 7.62.